The van der Waals surface area contributed by atoms with Crippen LogP contribution in [0, 0.1) is 12.3 Å². The molecule has 8 heteroatoms. The summed E-state index contributed by atoms with van der Waals surface area (Å²) in [6.07, 6.45) is 4.10. The van der Waals surface area contributed by atoms with Crippen molar-refractivity contribution in [3.63, 3.8) is 0 Å². The number of hydrogen-bond acceptors (Lipinski definition) is 5. The molecule has 1 saturated heterocycles. The number of pyridine rings is 2. The Hall–Kier alpha value is -3.78. The van der Waals surface area contributed by atoms with Gasteiger partial charge in [-0.3, -0.25) is 19.4 Å². The average molecular weight is 458 g/mol. The van der Waals surface area contributed by atoms with Crippen LogP contribution >= 0.6 is 0 Å². The molecule has 4 heterocycles. The zero-order valence-electron chi connectivity index (χ0n) is 19.1. The minimum Gasteiger partial charge on any atom is -0.376 e. The highest BCUT2D eigenvalue weighted by Crippen LogP contribution is 2.17. The molecule has 1 amide bonds. The van der Waals surface area contributed by atoms with Crippen molar-refractivity contribution in [2.24, 2.45) is 0 Å². The summed E-state index contributed by atoms with van der Waals surface area (Å²) < 4.78 is 8.95. The molecule has 1 atom stereocenters. The Kier molecular flexibility index (Phi) is 5.98. The van der Waals surface area contributed by atoms with Crippen LogP contribution in [0.1, 0.15) is 34.3 Å². The van der Waals surface area contributed by atoms with Crippen molar-refractivity contribution in [1.29, 1.82) is 5.41 Å². The van der Waals surface area contributed by atoms with Crippen LogP contribution in [-0.2, 0) is 17.7 Å². The first-order valence-corrected chi connectivity index (χ1v) is 11.6. The molecule has 0 radical (unpaired) electrons. The molecule has 0 unspecified atom stereocenters. The number of hydrogen-bond donors (Lipinski definition) is 2. The Morgan fingerprint density at radius 3 is 2.79 bits per heavy atom. The molecule has 1 aromatic carbocycles. The number of carbonyl (C=O) groups excluding carboxylic acids is 1. The fourth-order valence-corrected chi connectivity index (χ4v) is 4.50. The van der Waals surface area contributed by atoms with Crippen LogP contribution in [0.2, 0.25) is 0 Å². The Morgan fingerprint density at radius 1 is 1.21 bits per heavy atom. The minimum absolute atomic E-state index is 0.0324. The van der Waals surface area contributed by atoms with Crippen LogP contribution in [0.15, 0.2) is 59.5 Å². The van der Waals surface area contributed by atoms with Crippen LogP contribution in [0.4, 0.5) is 0 Å². The predicted molar refractivity (Wildman–Crippen MR) is 129 cm³/mol. The maximum Gasteiger partial charge on any atom is 0.267 e. The van der Waals surface area contributed by atoms with Gasteiger partial charge in [0.1, 0.15) is 16.8 Å². The van der Waals surface area contributed by atoms with Gasteiger partial charge in [-0.25, -0.2) is 4.98 Å². The van der Waals surface area contributed by atoms with Crippen molar-refractivity contribution in [3.8, 4) is 0 Å². The molecule has 0 saturated carbocycles. The zero-order chi connectivity index (χ0) is 23.7. The highest BCUT2D eigenvalue weighted by molar-refractivity contribution is 5.96. The van der Waals surface area contributed by atoms with Gasteiger partial charge in [-0.15, -0.1) is 0 Å². The van der Waals surface area contributed by atoms with Crippen LogP contribution in [-0.4, -0.2) is 39.1 Å². The lowest BCUT2D eigenvalue weighted by Gasteiger charge is -2.18. The van der Waals surface area contributed by atoms with E-state index in [4.69, 9.17) is 15.1 Å². The number of benzene rings is 1. The Balaban J connectivity index is 1.58. The first kappa shape index (κ1) is 22.0. The lowest BCUT2D eigenvalue weighted by atomic mass is 10.1. The number of amides is 1. The van der Waals surface area contributed by atoms with Gasteiger partial charge in [0, 0.05) is 19.3 Å². The molecule has 0 aliphatic carbocycles. The number of aromatic nitrogens is 3. The molecular weight excluding hydrogens is 430 g/mol. The molecule has 0 bridgehead atoms. The van der Waals surface area contributed by atoms with Crippen LogP contribution in [0.25, 0.3) is 16.7 Å². The monoisotopic (exact) mass is 457 g/mol. The highest BCUT2D eigenvalue weighted by atomic mass is 16.5. The van der Waals surface area contributed by atoms with Gasteiger partial charge >= 0.3 is 0 Å². The Labute approximate surface area is 196 Å². The molecular formula is C26H27N5O3. The Bertz CT molecular complexity index is 1480. The molecule has 4 aromatic rings. The topological polar surface area (TPSA) is 101 Å². The van der Waals surface area contributed by atoms with E-state index in [-0.39, 0.29) is 28.6 Å². The predicted octanol–water partition coefficient (Wildman–Crippen LogP) is 2.59. The van der Waals surface area contributed by atoms with E-state index in [1.54, 1.807) is 16.8 Å². The lowest BCUT2D eigenvalue weighted by Crippen LogP contribution is -2.37. The van der Waals surface area contributed by atoms with Crippen LogP contribution < -0.4 is 16.4 Å². The fourth-order valence-electron chi connectivity index (χ4n) is 4.50. The third kappa shape index (κ3) is 4.12. The first-order valence-electron chi connectivity index (χ1n) is 11.6. The minimum atomic E-state index is -0.377. The third-order valence-corrected chi connectivity index (χ3v) is 6.33. The zero-order valence-corrected chi connectivity index (χ0v) is 19.1. The number of fused-ring (bicyclic) bond motifs is 2. The smallest absolute Gasteiger partial charge is 0.267 e. The summed E-state index contributed by atoms with van der Waals surface area (Å²) in [5.74, 6) is -0.377. The molecule has 174 valence electrons. The SMILES string of the molecule is Cc1cccn2c(=O)c3cc(C(=O)NCCc4ccccc4)c(=N)n(C[C@@H]4CCCO4)c3nc12. The largest absolute Gasteiger partial charge is 0.376 e. The summed E-state index contributed by atoms with van der Waals surface area (Å²) in [4.78, 5) is 31.3. The second kappa shape index (κ2) is 9.23. The third-order valence-electron chi connectivity index (χ3n) is 6.33. The summed E-state index contributed by atoms with van der Waals surface area (Å²) in [6, 6.07) is 15.1. The summed E-state index contributed by atoms with van der Waals surface area (Å²) >= 11 is 0. The van der Waals surface area contributed by atoms with E-state index in [1.165, 1.54) is 10.5 Å². The van der Waals surface area contributed by atoms with E-state index in [9.17, 15) is 9.59 Å². The number of nitrogens with one attached hydrogen (secondary N) is 2. The molecule has 2 N–H and O–H groups in total. The van der Waals surface area contributed by atoms with Gasteiger partial charge in [-0.1, -0.05) is 36.4 Å². The van der Waals surface area contributed by atoms with E-state index in [0.29, 0.717) is 42.8 Å². The number of aryl methyl sites for hydroxylation is 1. The van der Waals surface area contributed by atoms with Crippen LogP contribution in [0.3, 0.4) is 0 Å². The van der Waals surface area contributed by atoms with Gasteiger partial charge < -0.3 is 14.6 Å². The molecule has 3 aromatic heterocycles. The number of nitrogens with zero attached hydrogens (tertiary/aromatic N) is 3. The van der Waals surface area contributed by atoms with Gasteiger partial charge in [-0.2, -0.15) is 0 Å². The summed E-state index contributed by atoms with van der Waals surface area (Å²) in [7, 11) is 0. The normalized spacial score (nSPS) is 15.7. The molecule has 8 nitrogen and oxygen atoms in total. The van der Waals surface area contributed by atoms with Crippen molar-refractivity contribution < 1.29 is 9.53 Å². The maximum absolute atomic E-state index is 13.4. The van der Waals surface area contributed by atoms with Crippen molar-refractivity contribution in [3.05, 3.63) is 87.3 Å². The lowest BCUT2D eigenvalue weighted by molar-refractivity contribution is 0.0933. The highest BCUT2D eigenvalue weighted by Gasteiger charge is 2.22. The number of rotatable bonds is 6. The molecule has 0 spiro atoms. The molecule has 1 fully saturated rings. The first-order chi connectivity index (χ1) is 16.5. The summed E-state index contributed by atoms with van der Waals surface area (Å²) in [5, 5.41) is 12.1. The molecule has 34 heavy (non-hydrogen) atoms. The molecule has 1 aliphatic rings. The maximum atomic E-state index is 13.4. The van der Waals surface area contributed by atoms with E-state index in [1.807, 2.05) is 43.3 Å². The Morgan fingerprint density at radius 2 is 2.03 bits per heavy atom. The van der Waals surface area contributed by atoms with E-state index < -0.39 is 0 Å². The van der Waals surface area contributed by atoms with Crippen molar-refractivity contribution in [2.75, 3.05) is 13.2 Å². The summed E-state index contributed by atoms with van der Waals surface area (Å²) in [6.45, 7) is 3.37. The molecule has 1 aliphatic heterocycles. The average Bonchev–Trinajstić information content (AvgIpc) is 3.36. The van der Waals surface area contributed by atoms with E-state index in [2.05, 4.69) is 5.32 Å². The number of carbonyl (C=O) groups is 1. The van der Waals surface area contributed by atoms with Crippen LogP contribution in [0.5, 0.6) is 0 Å². The van der Waals surface area contributed by atoms with Gasteiger partial charge in [0.2, 0.25) is 0 Å². The van der Waals surface area contributed by atoms with Gasteiger partial charge in [0.05, 0.1) is 23.6 Å². The van der Waals surface area contributed by atoms with Gasteiger partial charge in [0.15, 0.2) is 0 Å². The van der Waals surface area contributed by atoms with Crippen molar-refractivity contribution >= 4 is 22.6 Å². The second-order valence-electron chi connectivity index (χ2n) is 8.68. The summed E-state index contributed by atoms with van der Waals surface area (Å²) in [5.41, 5.74) is 2.85. The quantitative estimate of drug-likeness (QED) is 0.435. The number of ether oxygens (including phenoxy) is 1. The second-order valence-corrected chi connectivity index (χ2v) is 8.68. The van der Waals surface area contributed by atoms with Crippen molar-refractivity contribution in [2.45, 2.75) is 38.8 Å². The fraction of sp³-hybridized carbons (Fsp3) is 0.308. The standard InChI is InChI=1S/C26H27N5O3/c1-17-7-5-13-30-23(17)29-24-21(26(30)33)15-20(22(27)31(24)16-19-10-6-14-34-19)25(32)28-12-11-18-8-3-2-4-9-18/h2-5,7-9,13,15,19,27H,6,10-12,14,16H2,1H3,(H,28,32)/t19-/m0/s1. The molecule has 5 rings (SSSR count). The van der Waals surface area contributed by atoms with E-state index in [0.717, 1.165) is 24.0 Å². The van der Waals surface area contributed by atoms with Gasteiger partial charge in [-0.05, 0) is 49.4 Å². The van der Waals surface area contributed by atoms with Crippen molar-refractivity contribution in [1.82, 2.24) is 19.3 Å². The van der Waals surface area contributed by atoms with E-state index >= 15 is 0 Å². The van der Waals surface area contributed by atoms with Gasteiger partial charge in [0.25, 0.3) is 11.5 Å².